The molecule has 13 heavy (non-hydrogen) atoms. The SMILES string of the molecule is COC(CC1CCCC1)(OC)OC. The van der Waals surface area contributed by atoms with E-state index in [1.165, 1.54) is 25.7 Å². The first-order chi connectivity index (χ1) is 6.26. The van der Waals surface area contributed by atoms with E-state index in [1.54, 1.807) is 21.3 Å². The summed E-state index contributed by atoms with van der Waals surface area (Å²) < 4.78 is 15.8. The molecule has 0 N–H and O–H groups in total. The predicted molar refractivity (Wildman–Crippen MR) is 50.3 cm³/mol. The average Bonchev–Trinajstić information content (AvgIpc) is 2.67. The van der Waals surface area contributed by atoms with Gasteiger partial charge in [-0.05, 0) is 5.92 Å². The third kappa shape index (κ3) is 2.66. The van der Waals surface area contributed by atoms with Crippen molar-refractivity contribution in [1.29, 1.82) is 0 Å². The summed E-state index contributed by atoms with van der Waals surface area (Å²) in [5.41, 5.74) is 0. The fraction of sp³-hybridized carbons (Fsp3) is 1.00. The molecule has 3 nitrogen and oxygen atoms in total. The van der Waals surface area contributed by atoms with Gasteiger partial charge in [0, 0.05) is 27.8 Å². The molecule has 78 valence electrons. The van der Waals surface area contributed by atoms with Crippen LogP contribution in [0.2, 0.25) is 0 Å². The summed E-state index contributed by atoms with van der Waals surface area (Å²) >= 11 is 0. The lowest BCUT2D eigenvalue weighted by Crippen LogP contribution is -2.37. The molecular formula is C10H20O3. The molecular weight excluding hydrogens is 168 g/mol. The van der Waals surface area contributed by atoms with E-state index in [1.807, 2.05) is 0 Å². The first-order valence-electron chi connectivity index (χ1n) is 4.92. The maximum atomic E-state index is 5.25. The zero-order chi connectivity index (χ0) is 9.73. The van der Waals surface area contributed by atoms with Gasteiger partial charge in [0.15, 0.2) is 0 Å². The smallest absolute Gasteiger partial charge is 0.282 e. The minimum Gasteiger partial charge on any atom is -0.331 e. The van der Waals surface area contributed by atoms with Crippen LogP contribution in [0.25, 0.3) is 0 Å². The van der Waals surface area contributed by atoms with Crippen LogP contribution in [0.3, 0.4) is 0 Å². The van der Waals surface area contributed by atoms with E-state index in [4.69, 9.17) is 14.2 Å². The van der Waals surface area contributed by atoms with Gasteiger partial charge >= 0.3 is 0 Å². The standard InChI is InChI=1S/C10H20O3/c1-11-10(12-2,13-3)8-9-6-4-5-7-9/h9H,4-8H2,1-3H3. The molecule has 1 aliphatic rings. The molecule has 0 aromatic carbocycles. The second kappa shape index (κ2) is 4.94. The van der Waals surface area contributed by atoms with Gasteiger partial charge in [-0.25, -0.2) is 0 Å². The number of hydrogen-bond acceptors (Lipinski definition) is 3. The summed E-state index contributed by atoms with van der Waals surface area (Å²) in [7, 11) is 4.88. The molecule has 3 heteroatoms. The van der Waals surface area contributed by atoms with E-state index in [9.17, 15) is 0 Å². The summed E-state index contributed by atoms with van der Waals surface area (Å²) in [6, 6.07) is 0. The highest BCUT2D eigenvalue weighted by Crippen LogP contribution is 2.33. The zero-order valence-electron chi connectivity index (χ0n) is 8.84. The average molecular weight is 188 g/mol. The van der Waals surface area contributed by atoms with E-state index in [0.717, 1.165) is 6.42 Å². The Bertz CT molecular complexity index is 129. The molecule has 0 saturated heterocycles. The van der Waals surface area contributed by atoms with Crippen LogP contribution in [0.1, 0.15) is 32.1 Å². The molecule has 1 saturated carbocycles. The number of hydrogen-bond donors (Lipinski definition) is 0. The van der Waals surface area contributed by atoms with Gasteiger partial charge in [-0.15, -0.1) is 0 Å². The number of methoxy groups -OCH3 is 3. The van der Waals surface area contributed by atoms with Crippen LogP contribution in [0.5, 0.6) is 0 Å². The highest BCUT2D eigenvalue weighted by Gasteiger charge is 2.34. The summed E-state index contributed by atoms with van der Waals surface area (Å²) in [6.07, 6.45) is 6.06. The number of rotatable bonds is 5. The van der Waals surface area contributed by atoms with E-state index in [-0.39, 0.29) is 0 Å². The van der Waals surface area contributed by atoms with Crippen molar-refractivity contribution in [2.45, 2.75) is 38.1 Å². The van der Waals surface area contributed by atoms with Crippen molar-refractivity contribution in [1.82, 2.24) is 0 Å². The van der Waals surface area contributed by atoms with Gasteiger partial charge in [-0.1, -0.05) is 25.7 Å². The Morgan fingerprint density at radius 3 is 1.85 bits per heavy atom. The molecule has 0 aliphatic heterocycles. The molecule has 1 fully saturated rings. The molecule has 0 aromatic heterocycles. The van der Waals surface area contributed by atoms with Gasteiger partial charge in [0.05, 0.1) is 0 Å². The lowest BCUT2D eigenvalue weighted by Gasteiger charge is -2.30. The molecule has 0 bridgehead atoms. The Kier molecular flexibility index (Phi) is 4.16. The highest BCUT2D eigenvalue weighted by molar-refractivity contribution is 4.71. The highest BCUT2D eigenvalue weighted by atomic mass is 16.9. The van der Waals surface area contributed by atoms with Gasteiger partial charge in [-0.3, -0.25) is 0 Å². The number of ether oxygens (including phenoxy) is 3. The monoisotopic (exact) mass is 188 g/mol. The Hall–Kier alpha value is -0.120. The Morgan fingerprint density at radius 1 is 1.00 bits per heavy atom. The molecule has 1 rings (SSSR count). The van der Waals surface area contributed by atoms with Crippen molar-refractivity contribution in [3.8, 4) is 0 Å². The molecule has 0 heterocycles. The normalized spacial score (nSPS) is 19.6. The molecule has 0 unspecified atom stereocenters. The Labute approximate surface area is 80.4 Å². The fourth-order valence-corrected chi connectivity index (χ4v) is 2.07. The minimum atomic E-state index is -0.811. The van der Waals surface area contributed by atoms with Crippen LogP contribution in [-0.4, -0.2) is 27.3 Å². The molecule has 0 aromatic rings. The molecule has 0 radical (unpaired) electrons. The van der Waals surface area contributed by atoms with Gasteiger partial charge in [-0.2, -0.15) is 0 Å². The van der Waals surface area contributed by atoms with Gasteiger partial charge in [0.2, 0.25) is 0 Å². The van der Waals surface area contributed by atoms with E-state index in [2.05, 4.69) is 0 Å². The molecule has 0 spiro atoms. The van der Waals surface area contributed by atoms with E-state index >= 15 is 0 Å². The Morgan fingerprint density at radius 2 is 1.46 bits per heavy atom. The first-order valence-corrected chi connectivity index (χ1v) is 4.92. The molecule has 1 aliphatic carbocycles. The van der Waals surface area contributed by atoms with Gasteiger partial charge in [0.1, 0.15) is 0 Å². The van der Waals surface area contributed by atoms with Crippen LogP contribution in [0.15, 0.2) is 0 Å². The van der Waals surface area contributed by atoms with Crippen molar-refractivity contribution < 1.29 is 14.2 Å². The van der Waals surface area contributed by atoms with Crippen molar-refractivity contribution in [3.05, 3.63) is 0 Å². The second-order valence-electron chi connectivity index (χ2n) is 3.65. The maximum absolute atomic E-state index is 5.25. The van der Waals surface area contributed by atoms with Crippen molar-refractivity contribution >= 4 is 0 Å². The summed E-state index contributed by atoms with van der Waals surface area (Å²) in [6.45, 7) is 0. The minimum absolute atomic E-state index is 0.694. The quantitative estimate of drug-likeness (QED) is 0.619. The molecule has 0 atom stereocenters. The third-order valence-electron chi connectivity index (χ3n) is 2.95. The summed E-state index contributed by atoms with van der Waals surface area (Å²) in [4.78, 5) is 0. The van der Waals surface area contributed by atoms with Gasteiger partial charge in [0.25, 0.3) is 5.97 Å². The van der Waals surface area contributed by atoms with Crippen LogP contribution in [0, 0.1) is 5.92 Å². The summed E-state index contributed by atoms with van der Waals surface area (Å²) in [5.74, 6) is -0.116. The van der Waals surface area contributed by atoms with Gasteiger partial charge < -0.3 is 14.2 Å². The van der Waals surface area contributed by atoms with Crippen LogP contribution in [-0.2, 0) is 14.2 Å². The lowest BCUT2D eigenvalue weighted by atomic mass is 10.0. The summed E-state index contributed by atoms with van der Waals surface area (Å²) in [5, 5.41) is 0. The van der Waals surface area contributed by atoms with Crippen molar-refractivity contribution in [3.63, 3.8) is 0 Å². The third-order valence-corrected chi connectivity index (χ3v) is 2.95. The first kappa shape index (κ1) is 11.0. The van der Waals surface area contributed by atoms with Crippen LogP contribution < -0.4 is 0 Å². The Balaban J connectivity index is 2.44. The maximum Gasteiger partial charge on any atom is 0.282 e. The van der Waals surface area contributed by atoms with Crippen LogP contribution >= 0.6 is 0 Å². The van der Waals surface area contributed by atoms with E-state index < -0.39 is 5.97 Å². The second-order valence-corrected chi connectivity index (χ2v) is 3.65. The van der Waals surface area contributed by atoms with E-state index in [0.29, 0.717) is 5.92 Å². The zero-order valence-corrected chi connectivity index (χ0v) is 8.84. The van der Waals surface area contributed by atoms with Crippen LogP contribution in [0.4, 0.5) is 0 Å². The fourth-order valence-electron chi connectivity index (χ4n) is 2.07. The van der Waals surface area contributed by atoms with Crippen molar-refractivity contribution in [2.75, 3.05) is 21.3 Å². The lowest BCUT2D eigenvalue weighted by molar-refractivity contribution is -0.359. The van der Waals surface area contributed by atoms with Crippen molar-refractivity contribution in [2.24, 2.45) is 5.92 Å². The topological polar surface area (TPSA) is 27.7 Å². The largest absolute Gasteiger partial charge is 0.331 e. The predicted octanol–water partition coefficient (Wildman–Crippen LogP) is 2.16. The molecule has 0 amide bonds.